The maximum absolute atomic E-state index is 12.3. The Morgan fingerprint density at radius 1 is 1.07 bits per heavy atom. The molecule has 1 atom stereocenters. The van der Waals surface area contributed by atoms with Crippen LogP contribution in [-0.2, 0) is 13.1 Å². The van der Waals surface area contributed by atoms with Crippen molar-refractivity contribution in [2.45, 2.75) is 38.4 Å². The molecule has 0 aliphatic carbocycles. The quantitative estimate of drug-likeness (QED) is 0.741. The second kappa shape index (κ2) is 8.67. The molecule has 1 fully saturated rings. The summed E-state index contributed by atoms with van der Waals surface area (Å²) in [4.78, 5) is 24.8. The molecule has 28 heavy (non-hydrogen) atoms. The van der Waals surface area contributed by atoms with Crippen molar-refractivity contribution < 1.29 is 0 Å². The van der Waals surface area contributed by atoms with Gasteiger partial charge in [0.15, 0.2) is 0 Å². The van der Waals surface area contributed by atoms with E-state index in [1.54, 1.807) is 0 Å². The number of hydrogen-bond donors (Lipinski definition) is 1. The van der Waals surface area contributed by atoms with Gasteiger partial charge in [0.05, 0.1) is 17.4 Å². The standard InChI is InChI=1S/C23H28N4O/c1-26(16-18-8-3-2-4-9-18)19-10-7-14-27(15-13-19)17-22-24-21-12-6-5-11-20(21)23(28)25-22/h2-6,8-9,11-12,19H,7,10,13-17H2,1H3,(H,24,25,28)/t19-/m0/s1. The molecular formula is C23H28N4O. The van der Waals surface area contributed by atoms with Crippen LogP contribution in [0.3, 0.4) is 0 Å². The van der Waals surface area contributed by atoms with Crippen LogP contribution in [0, 0.1) is 0 Å². The maximum atomic E-state index is 12.3. The number of aromatic amines is 1. The molecule has 0 radical (unpaired) electrons. The molecule has 1 aliphatic heterocycles. The fourth-order valence-electron chi connectivity index (χ4n) is 4.16. The van der Waals surface area contributed by atoms with Crippen molar-refractivity contribution in [2.75, 3.05) is 20.1 Å². The summed E-state index contributed by atoms with van der Waals surface area (Å²) in [7, 11) is 2.23. The van der Waals surface area contributed by atoms with Gasteiger partial charge in [-0.2, -0.15) is 0 Å². The van der Waals surface area contributed by atoms with Crippen molar-refractivity contribution in [1.29, 1.82) is 0 Å². The molecule has 5 nitrogen and oxygen atoms in total. The van der Waals surface area contributed by atoms with E-state index in [2.05, 4.69) is 57.1 Å². The maximum Gasteiger partial charge on any atom is 0.258 e. The number of likely N-dealkylation sites (tertiary alicyclic amines) is 1. The fraction of sp³-hybridized carbons (Fsp3) is 0.391. The van der Waals surface area contributed by atoms with E-state index in [0.29, 0.717) is 18.0 Å². The second-order valence-corrected chi connectivity index (χ2v) is 7.79. The predicted octanol–water partition coefficient (Wildman–Crippen LogP) is 3.41. The Hall–Kier alpha value is -2.50. The zero-order valence-electron chi connectivity index (χ0n) is 16.5. The van der Waals surface area contributed by atoms with Crippen LogP contribution in [0.2, 0.25) is 0 Å². The lowest BCUT2D eigenvalue weighted by Gasteiger charge is -2.27. The van der Waals surface area contributed by atoms with Crippen molar-refractivity contribution in [3.8, 4) is 0 Å². The van der Waals surface area contributed by atoms with Gasteiger partial charge >= 0.3 is 0 Å². The third-order valence-corrected chi connectivity index (χ3v) is 5.72. The van der Waals surface area contributed by atoms with Gasteiger partial charge in [0.25, 0.3) is 5.56 Å². The average Bonchev–Trinajstić information content (AvgIpc) is 2.94. The second-order valence-electron chi connectivity index (χ2n) is 7.79. The summed E-state index contributed by atoms with van der Waals surface area (Å²) in [5.41, 5.74) is 2.09. The molecule has 3 aromatic rings. The van der Waals surface area contributed by atoms with Gasteiger partial charge in [0.1, 0.15) is 5.82 Å². The summed E-state index contributed by atoms with van der Waals surface area (Å²) in [6.07, 6.45) is 3.52. The van der Waals surface area contributed by atoms with E-state index in [-0.39, 0.29) is 5.56 Å². The molecule has 146 valence electrons. The van der Waals surface area contributed by atoms with Gasteiger partial charge in [-0.05, 0) is 50.6 Å². The first-order valence-corrected chi connectivity index (χ1v) is 10.1. The van der Waals surface area contributed by atoms with Gasteiger partial charge in [-0.15, -0.1) is 0 Å². The highest BCUT2D eigenvalue weighted by atomic mass is 16.1. The first-order valence-electron chi connectivity index (χ1n) is 10.1. The van der Waals surface area contributed by atoms with E-state index < -0.39 is 0 Å². The summed E-state index contributed by atoms with van der Waals surface area (Å²) in [6.45, 7) is 3.77. The molecule has 1 aromatic heterocycles. The zero-order chi connectivity index (χ0) is 19.3. The first-order chi connectivity index (χ1) is 13.7. The molecule has 0 amide bonds. The highest BCUT2D eigenvalue weighted by molar-refractivity contribution is 5.77. The van der Waals surface area contributed by atoms with Gasteiger partial charge in [-0.25, -0.2) is 4.98 Å². The predicted molar refractivity (Wildman–Crippen MR) is 113 cm³/mol. The Morgan fingerprint density at radius 3 is 2.71 bits per heavy atom. The molecule has 2 heterocycles. The van der Waals surface area contributed by atoms with E-state index >= 15 is 0 Å². The number of nitrogens with one attached hydrogen (secondary N) is 1. The number of hydrogen-bond acceptors (Lipinski definition) is 4. The van der Waals surface area contributed by atoms with Crippen LogP contribution in [0.4, 0.5) is 0 Å². The monoisotopic (exact) mass is 376 g/mol. The lowest BCUT2D eigenvalue weighted by Crippen LogP contribution is -2.32. The third-order valence-electron chi connectivity index (χ3n) is 5.72. The topological polar surface area (TPSA) is 52.2 Å². The Bertz CT molecular complexity index is 969. The van der Waals surface area contributed by atoms with E-state index in [4.69, 9.17) is 0 Å². The van der Waals surface area contributed by atoms with Crippen molar-refractivity contribution in [3.05, 3.63) is 76.3 Å². The molecule has 0 unspecified atom stereocenters. The van der Waals surface area contributed by atoms with Crippen LogP contribution in [0.15, 0.2) is 59.4 Å². The Balaban J connectivity index is 1.38. The van der Waals surface area contributed by atoms with Gasteiger partial charge in [0, 0.05) is 19.1 Å². The Kier molecular flexibility index (Phi) is 5.84. The van der Waals surface area contributed by atoms with Crippen LogP contribution < -0.4 is 5.56 Å². The highest BCUT2D eigenvalue weighted by Gasteiger charge is 2.21. The SMILES string of the molecule is CN(Cc1ccccc1)[C@H]1CCCN(Cc2nc3ccccc3c(=O)[nH]2)CC1. The average molecular weight is 377 g/mol. The van der Waals surface area contributed by atoms with Crippen molar-refractivity contribution in [3.63, 3.8) is 0 Å². The molecule has 1 saturated heterocycles. The zero-order valence-corrected chi connectivity index (χ0v) is 16.5. The molecule has 0 bridgehead atoms. The Labute approximate surface area is 166 Å². The lowest BCUT2D eigenvalue weighted by atomic mass is 10.1. The molecule has 4 rings (SSSR count). The van der Waals surface area contributed by atoms with Crippen LogP contribution >= 0.6 is 0 Å². The number of nitrogens with zero attached hydrogens (tertiary/aromatic N) is 3. The van der Waals surface area contributed by atoms with Gasteiger partial charge in [-0.1, -0.05) is 42.5 Å². The van der Waals surface area contributed by atoms with Gasteiger partial charge in [-0.3, -0.25) is 14.6 Å². The van der Waals surface area contributed by atoms with Gasteiger partial charge < -0.3 is 4.98 Å². The molecule has 0 spiro atoms. The fourth-order valence-corrected chi connectivity index (χ4v) is 4.16. The Morgan fingerprint density at radius 2 is 1.86 bits per heavy atom. The molecule has 1 N–H and O–H groups in total. The third kappa shape index (κ3) is 4.49. The number of rotatable bonds is 5. The van der Waals surface area contributed by atoms with E-state index in [0.717, 1.165) is 37.4 Å². The first kappa shape index (κ1) is 18.8. The van der Waals surface area contributed by atoms with Crippen LogP contribution in [0.25, 0.3) is 10.9 Å². The van der Waals surface area contributed by atoms with Gasteiger partial charge in [0.2, 0.25) is 0 Å². The smallest absolute Gasteiger partial charge is 0.258 e. The largest absolute Gasteiger partial charge is 0.309 e. The van der Waals surface area contributed by atoms with Crippen LogP contribution in [0.1, 0.15) is 30.7 Å². The minimum Gasteiger partial charge on any atom is -0.309 e. The van der Waals surface area contributed by atoms with Crippen LogP contribution in [0.5, 0.6) is 0 Å². The number of benzene rings is 2. The molecular weight excluding hydrogens is 348 g/mol. The van der Waals surface area contributed by atoms with E-state index in [1.165, 1.54) is 18.4 Å². The summed E-state index contributed by atoms with van der Waals surface area (Å²) >= 11 is 0. The minimum atomic E-state index is -0.0455. The van der Waals surface area contributed by atoms with Crippen LogP contribution in [-0.4, -0.2) is 45.9 Å². The molecule has 0 saturated carbocycles. The summed E-state index contributed by atoms with van der Waals surface area (Å²) in [5.74, 6) is 0.764. The van der Waals surface area contributed by atoms with Crippen molar-refractivity contribution >= 4 is 10.9 Å². The molecule has 5 heteroatoms. The lowest BCUT2D eigenvalue weighted by molar-refractivity contribution is 0.205. The minimum absolute atomic E-state index is 0.0455. The van der Waals surface area contributed by atoms with Crippen molar-refractivity contribution in [1.82, 2.24) is 19.8 Å². The van der Waals surface area contributed by atoms with Crippen molar-refractivity contribution in [2.24, 2.45) is 0 Å². The number of para-hydroxylation sites is 1. The summed E-state index contributed by atoms with van der Waals surface area (Å²) < 4.78 is 0. The summed E-state index contributed by atoms with van der Waals surface area (Å²) in [6, 6.07) is 18.8. The highest BCUT2D eigenvalue weighted by Crippen LogP contribution is 2.19. The van der Waals surface area contributed by atoms with E-state index in [1.807, 2.05) is 24.3 Å². The summed E-state index contributed by atoms with van der Waals surface area (Å²) in [5, 5.41) is 0.657. The molecule has 1 aliphatic rings. The van der Waals surface area contributed by atoms with E-state index in [9.17, 15) is 4.79 Å². The number of fused-ring (bicyclic) bond motifs is 1. The molecule has 2 aromatic carbocycles. The number of H-pyrrole nitrogens is 1. The normalized spacial score (nSPS) is 18.4. The number of aromatic nitrogens is 2.